The Morgan fingerprint density at radius 3 is 2.33 bits per heavy atom. The molecule has 2 heterocycles. The van der Waals surface area contributed by atoms with Crippen molar-refractivity contribution in [3.8, 4) is 11.4 Å². The fraction of sp³-hybridized carbons (Fsp3) is 0.227. The van der Waals surface area contributed by atoms with Crippen molar-refractivity contribution in [2.75, 3.05) is 18.4 Å². The standard InChI is InChI=1S/C22H23N3O4S/c26-21-10-9-19(30(28,29)25-13-3-4-14-25)16-20(21)23-22(27)15-17-5-7-18(8-6-17)24-11-1-2-12-24/h1-2,5-12,16,26H,3-4,13-15H2,(H,23,27). The first-order chi connectivity index (χ1) is 14.4. The molecular formula is C22H23N3O4S. The Morgan fingerprint density at radius 1 is 1.00 bits per heavy atom. The Balaban J connectivity index is 1.46. The van der Waals surface area contributed by atoms with Crippen molar-refractivity contribution in [2.24, 2.45) is 0 Å². The van der Waals surface area contributed by atoms with Crippen LogP contribution in [0.3, 0.4) is 0 Å². The Morgan fingerprint density at radius 2 is 1.67 bits per heavy atom. The average molecular weight is 426 g/mol. The lowest BCUT2D eigenvalue weighted by atomic mass is 10.1. The molecule has 0 atom stereocenters. The second-order valence-electron chi connectivity index (χ2n) is 7.27. The second-order valence-corrected chi connectivity index (χ2v) is 9.21. The lowest BCUT2D eigenvalue weighted by Gasteiger charge is -2.16. The highest BCUT2D eigenvalue weighted by Gasteiger charge is 2.27. The molecular weight excluding hydrogens is 402 g/mol. The third-order valence-corrected chi connectivity index (χ3v) is 7.04. The van der Waals surface area contributed by atoms with E-state index in [9.17, 15) is 18.3 Å². The molecule has 1 saturated heterocycles. The summed E-state index contributed by atoms with van der Waals surface area (Å²) >= 11 is 0. The monoisotopic (exact) mass is 425 g/mol. The van der Waals surface area contributed by atoms with Crippen molar-refractivity contribution in [2.45, 2.75) is 24.2 Å². The van der Waals surface area contributed by atoms with Crippen LogP contribution in [0.15, 0.2) is 71.9 Å². The highest BCUT2D eigenvalue weighted by Crippen LogP contribution is 2.29. The Hall–Kier alpha value is -3.10. The van der Waals surface area contributed by atoms with Crippen LogP contribution in [0.25, 0.3) is 5.69 Å². The number of nitrogens with zero attached hydrogens (tertiary/aromatic N) is 2. The van der Waals surface area contributed by atoms with Crippen LogP contribution in [-0.4, -0.2) is 41.4 Å². The van der Waals surface area contributed by atoms with Crippen molar-refractivity contribution >= 4 is 21.6 Å². The minimum atomic E-state index is -3.63. The van der Waals surface area contributed by atoms with Gasteiger partial charge in [-0.05, 0) is 60.9 Å². The van der Waals surface area contributed by atoms with E-state index in [1.54, 1.807) is 0 Å². The number of aromatic nitrogens is 1. The predicted molar refractivity (Wildman–Crippen MR) is 114 cm³/mol. The molecule has 2 aromatic carbocycles. The van der Waals surface area contributed by atoms with Gasteiger partial charge in [0.15, 0.2) is 0 Å². The van der Waals surface area contributed by atoms with Crippen LogP contribution in [0.5, 0.6) is 5.75 Å². The van der Waals surface area contributed by atoms with Crippen molar-refractivity contribution in [1.29, 1.82) is 0 Å². The normalized spacial score (nSPS) is 14.7. The summed E-state index contributed by atoms with van der Waals surface area (Å²) in [4.78, 5) is 12.5. The average Bonchev–Trinajstić information content (AvgIpc) is 3.44. The summed E-state index contributed by atoms with van der Waals surface area (Å²) in [6, 6.07) is 15.4. The number of carbonyl (C=O) groups excluding carboxylic acids is 1. The van der Waals surface area contributed by atoms with E-state index >= 15 is 0 Å². The van der Waals surface area contributed by atoms with E-state index in [2.05, 4.69) is 5.32 Å². The second kappa shape index (κ2) is 8.33. The van der Waals surface area contributed by atoms with E-state index in [4.69, 9.17) is 0 Å². The number of anilines is 1. The Bertz CT molecular complexity index is 1130. The van der Waals surface area contributed by atoms with E-state index in [1.165, 1.54) is 22.5 Å². The van der Waals surface area contributed by atoms with Gasteiger partial charge in [-0.2, -0.15) is 4.31 Å². The third-order valence-electron chi connectivity index (χ3n) is 5.15. The predicted octanol–water partition coefficient (Wildman–Crippen LogP) is 3.15. The van der Waals surface area contributed by atoms with Crippen LogP contribution in [-0.2, 0) is 21.2 Å². The Kier molecular flexibility index (Phi) is 5.61. The van der Waals surface area contributed by atoms with Gasteiger partial charge in [0.1, 0.15) is 5.75 Å². The quantitative estimate of drug-likeness (QED) is 0.594. The van der Waals surface area contributed by atoms with Crippen molar-refractivity contribution < 1.29 is 18.3 Å². The zero-order valence-electron chi connectivity index (χ0n) is 16.4. The van der Waals surface area contributed by atoms with Gasteiger partial charge in [0.2, 0.25) is 15.9 Å². The highest BCUT2D eigenvalue weighted by molar-refractivity contribution is 7.89. The van der Waals surface area contributed by atoms with Gasteiger partial charge in [-0.3, -0.25) is 4.79 Å². The lowest BCUT2D eigenvalue weighted by Crippen LogP contribution is -2.28. The molecule has 2 N–H and O–H groups in total. The molecule has 0 saturated carbocycles. The molecule has 1 amide bonds. The van der Waals surface area contributed by atoms with Crippen LogP contribution < -0.4 is 5.32 Å². The van der Waals surface area contributed by atoms with Gasteiger partial charge >= 0.3 is 0 Å². The summed E-state index contributed by atoms with van der Waals surface area (Å²) in [5, 5.41) is 12.7. The number of phenolic OH excluding ortho intramolecular Hbond substituents is 1. The first kappa shape index (κ1) is 20.2. The van der Waals surface area contributed by atoms with Gasteiger partial charge in [0.05, 0.1) is 17.0 Å². The summed E-state index contributed by atoms with van der Waals surface area (Å²) < 4.78 is 28.9. The number of hydrogen-bond donors (Lipinski definition) is 2. The van der Waals surface area contributed by atoms with Gasteiger partial charge < -0.3 is 15.0 Å². The fourth-order valence-electron chi connectivity index (χ4n) is 3.53. The topological polar surface area (TPSA) is 91.6 Å². The molecule has 0 unspecified atom stereocenters. The smallest absolute Gasteiger partial charge is 0.243 e. The van der Waals surface area contributed by atoms with Crippen molar-refractivity contribution in [3.63, 3.8) is 0 Å². The zero-order valence-corrected chi connectivity index (χ0v) is 17.2. The molecule has 30 heavy (non-hydrogen) atoms. The lowest BCUT2D eigenvalue weighted by molar-refractivity contribution is -0.115. The van der Waals surface area contributed by atoms with Crippen LogP contribution in [0.1, 0.15) is 18.4 Å². The van der Waals surface area contributed by atoms with Crippen LogP contribution in [0.4, 0.5) is 5.69 Å². The van der Waals surface area contributed by atoms with E-state index < -0.39 is 10.0 Å². The van der Waals surface area contributed by atoms with Gasteiger partial charge in [-0.1, -0.05) is 12.1 Å². The number of carbonyl (C=O) groups is 1. The zero-order chi connectivity index (χ0) is 21.1. The number of benzene rings is 2. The maximum absolute atomic E-state index is 12.7. The molecule has 156 valence electrons. The maximum atomic E-state index is 12.7. The van der Waals surface area contributed by atoms with Gasteiger partial charge in [-0.15, -0.1) is 0 Å². The molecule has 4 rings (SSSR count). The first-order valence-corrected chi connectivity index (χ1v) is 11.2. The molecule has 1 fully saturated rings. The van der Waals surface area contributed by atoms with Crippen LogP contribution in [0.2, 0.25) is 0 Å². The molecule has 0 spiro atoms. The summed E-state index contributed by atoms with van der Waals surface area (Å²) in [6.45, 7) is 0.980. The minimum absolute atomic E-state index is 0.0635. The first-order valence-electron chi connectivity index (χ1n) is 9.79. The number of amides is 1. The van der Waals surface area contributed by atoms with Gasteiger partial charge in [0, 0.05) is 31.2 Å². The van der Waals surface area contributed by atoms with Gasteiger partial charge in [-0.25, -0.2) is 8.42 Å². The molecule has 1 aliphatic rings. The molecule has 1 aromatic heterocycles. The van der Waals surface area contributed by atoms with E-state index in [0.29, 0.717) is 13.1 Å². The van der Waals surface area contributed by atoms with Crippen molar-refractivity contribution in [3.05, 3.63) is 72.6 Å². The fourth-order valence-corrected chi connectivity index (χ4v) is 5.07. The third kappa shape index (κ3) is 4.24. The summed E-state index contributed by atoms with van der Waals surface area (Å²) in [7, 11) is -3.63. The molecule has 3 aromatic rings. The van der Waals surface area contributed by atoms with Gasteiger partial charge in [0.25, 0.3) is 0 Å². The summed E-state index contributed by atoms with van der Waals surface area (Å²) in [5.74, 6) is -0.513. The molecule has 7 nitrogen and oxygen atoms in total. The highest BCUT2D eigenvalue weighted by atomic mass is 32.2. The SMILES string of the molecule is O=C(Cc1ccc(-n2cccc2)cc1)Nc1cc(S(=O)(=O)N2CCCC2)ccc1O. The number of sulfonamides is 1. The van der Waals surface area contributed by atoms with E-state index in [0.717, 1.165) is 24.1 Å². The molecule has 0 radical (unpaired) electrons. The van der Waals surface area contributed by atoms with Crippen LogP contribution >= 0.6 is 0 Å². The minimum Gasteiger partial charge on any atom is -0.506 e. The number of nitrogens with one attached hydrogen (secondary N) is 1. The molecule has 1 aliphatic heterocycles. The molecule has 0 aliphatic carbocycles. The summed E-state index contributed by atoms with van der Waals surface area (Å²) in [6.07, 6.45) is 5.66. The molecule has 0 bridgehead atoms. The molecule has 8 heteroatoms. The number of aromatic hydroxyl groups is 1. The number of rotatable bonds is 6. The van der Waals surface area contributed by atoms with Crippen molar-refractivity contribution in [1.82, 2.24) is 8.87 Å². The number of phenols is 1. The summed E-state index contributed by atoms with van der Waals surface area (Å²) in [5.41, 5.74) is 1.88. The number of hydrogen-bond acceptors (Lipinski definition) is 4. The largest absolute Gasteiger partial charge is 0.506 e. The van der Waals surface area contributed by atoms with E-state index in [1.807, 2.05) is 53.4 Å². The maximum Gasteiger partial charge on any atom is 0.243 e. The Labute approximate surface area is 175 Å². The van der Waals surface area contributed by atoms with Crippen LogP contribution in [0, 0.1) is 0 Å². The van der Waals surface area contributed by atoms with E-state index in [-0.39, 0.29) is 28.7 Å².